The van der Waals surface area contributed by atoms with E-state index in [2.05, 4.69) is 26.3 Å². The number of rotatable bonds is 8. The fourth-order valence-corrected chi connectivity index (χ4v) is 3.45. The number of benzene rings is 2. The van der Waals surface area contributed by atoms with Crippen LogP contribution in [0.25, 0.3) is 0 Å². The summed E-state index contributed by atoms with van der Waals surface area (Å²) in [6.45, 7) is 1.08. The van der Waals surface area contributed by atoms with Gasteiger partial charge in [0.15, 0.2) is 0 Å². The van der Waals surface area contributed by atoms with Crippen molar-refractivity contribution in [1.82, 2.24) is 15.5 Å². The number of hydrogen-bond acceptors (Lipinski definition) is 3. The van der Waals surface area contributed by atoms with Crippen LogP contribution in [0.3, 0.4) is 0 Å². The van der Waals surface area contributed by atoms with Gasteiger partial charge >= 0.3 is 12.6 Å². The van der Waals surface area contributed by atoms with E-state index in [1.165, 1.54) is 37.0 Å². The van der Waals surface area contributed by atoms with Crippen LogP contribution in [0.4, 0.5) is 13.6 Å². The molecule has 1 saturated heterocycles. The molecule has 29 heavy (non-hydrogen) atoms. The molecule has 0 bridgehead atoms. The lowest BCUT2D eigenvalue weighted by molar-refractivity contribution is -0.0498. The number of carbonyl (C=O) groups is 1. The van der Waals surface area contributed by atoms with E-state index >= 15 is 0 Å². The highest BCUT2D eigenvalue weighted by Crippen LogP contribution is 2.16. The molecule has 1 aliphatic heterocycles. The van der Waals surface area contributed by atoms with Crippen molar-refractivity contribution in [3.05, 3.63) is 65.2 Å². The van der Waals surface area contributed by atoms with Gasteiger partial charge in [0.25, 0.3) is 0 Å². The summed E-state index contributed by atoms with van der Waals surface area (Å²) < 4.78 is 28.7. The second-order valence-electron chi connectivity index (χ2n) is 7.16. The zero-order valence-corrected chi connectivity index (χ0v) is 16.4. The van der Waals surface area contributed by atoms with Crippen molar-refractivity contribution in [2.45, 2.75) is 45.5 Å². The van der Waals surface area contributed by atoms with E-state index in [0.717, 1.165) is 30.8 Å². The normalized spacial score (nSPS) is 14.6. The largest absolute Gasteiger partial charge is 0.435 e. The van der Waals surface area contributed by atoms with Gasteiger partial charge in [-0.25, -0.2) is 4.79 Å². The third kappa shape index (κ3) is 7.02. The third-order valence-corrected chi connectivity index (χ3v) is 5.00. The van der Waals surface area contributed by atoms with Crippen LogP contribution >= 0.6 is 0 Å². The molecule has 0 atom stereocenters. The summed E-state index contributed by atoms with van der Waals surface area (Å²) in [5.41, 5.74) is 3.15. The topological polar surface area (TPSA) is 53.6 Å². The van der Waals surface area contributed by atoms with Crippen LogP contribution in [0.1, 0.15) is 36.0 Å². The van der Waals surface area contributed by atoms with Crippen molar-refractivity contribution in [3.63, 3.8) is 0 Å². The minimum absolute atomic E-state index is 0.0958. The lowest BCUT2D eigenvalue weighted by atomic mass is 10.0. The van der Waals surface area contributed by atoms with Crippen molar-refractivity contribution in [2.75, 3.05) is 13.1 Å². The van der Waals surface area contributed by atoms with Crippen LogP contribution in [0.5, 0.6) is 5.75 Å². The maximum Gasteiger partial charge on any atom is 0.387 e. The molecule has 0 aliphatic carbocycles. The molecule has 2 amide bonds. The van der Waals surface area contributed by atoms with E-state index in [0.29, 0.717) is 13.1 Å². The number of nitrogens with zero attached hydrogens (tertiary/aromatic N) is 1. The molecule has 2 aromatic carbocycles. The quantitative estimate of drug-likeness (QED) is 0.692. The Morgan fingerprint density at radius 2 is 1.59 bits per heavy atom. The van der Waals surface area contributed by atoms with Gasteiger partial charge in [-0.3, -0.25) is 4.90 Å². The van der Waals surface area contributed by atoms with Crippen molar-refractivity contribution in [1.29, 1.82) is 0 Å². The van der Waals surface area contributed by atoms with E-state index in [1.807, 2.05) is 18.2 Å². The number of carbonyl (C=O) groups excluding carboxylic acids is 1. The number of halogens is 2. The molecule has 2 N–H and O–H groups in total. The third-order valence-electron chi connectivity index (χ3n) is 5.00. The summed E-state index contributed by atoms with van der Waals surface area (Å²) in [4.78, 5) is 14.6. The van der Waals surface area contributed by atoms with Crippen molar-refractivity contribution in [2.24, 2.45) is 0 Å². The highest BCUT2D eigenvalue weighted by molar-refractivity contribution is 5.73. The number of likely N-dealkylation sites (tertiary alicyclic amines) is 1. The highest BCUT2D eigenvalue weighted by Gasteiger charge is 2.13. The van der Waals surface area contributed by atoms with Crippen molar-refractivity contribution >= 4 is 6.03 Å². The molecule has 0 unspecified atom stereocenters. The van der Waals surface area contributed by atoms with Crippen LogP contribution in [-0.4, -0.2) is 30.6 Å². The van der Waals surface area contributed by atoms with E-state index in [4.69, 9.17) is 0 Å². The molecule has 7 heteroatoms. The molecule has 0 spiro atoms. The molecular weight excluding hydrogens is 376 g/mol. The van der Waals surface area contributed by atoms with Crippen molar-refractivity contribution < 1.29 is 18.3 Å². The smallest absolute Gasteiger partial charge is 0.387 e. The molecule has 156 valence electrons. The van der Waals surface area contributed by atoms with Crippen LogP contribution < -0.4 is 15.4 Å². The molecule has 3 rings (SSSR count). The monoisotopic (exact) mass is 403 g/mol. The Morgan fingerprint density at radius 1 is 0.931 bits per heavy atom. The molecule has 0 aromatic heterocycles. The van der Waals surface area contributed by atoms with Gasteiger partial charge in [0.05, 0.1) is 0 Å². The van der Waals surface area contributed by atoms with E-state index in [-0.39, 0.29) is 11.8 Å². The first kappa shape index (κ1) is 21.0. The number of amides is 2. The first-order valence-electron chi connectivity index (χ1n) is 9.95. The Labute approximate surface area is 170 Å². The van der Waals surface area contributed by atoms with Gasteiger partial charge in [-0.05, 0) is 54.8 Å². The first-order valence-corrected chi connectivity index (χ1v) is 9.95. The minimum atomic E-state index is -2.84. The molecule has 0 radical (unpaired) electrons. The highest BCUT2D eigenvalue weighted by atomic mass is 19.3. The molecule has 5 nitrogen and oxygen atoms in total. The average Bonchev–Trinajstić information content (AvgIpc) is 2.73. The summed E-state index contributed by atoms with van der Waals surface area (Å²) in [5, 5.41) is 5.67. The van der Waals surface area contributed by atoms with Crippen LogP contribution in [0.2, 0.25) is 0 Å². The Kier molecular flexibility index (Phi) is 7.81. The fraction of sp³-hybridized carbons (Fsp3) is 0.409. The summed E-state index contributed by atoms with van der Waals surface area (Å²) in [6, 6.07) is 14.1. The Morgan fingerprint density at radius 3 is 2.28 bits per heavy atom. The van der Waals surface area contributed by atoms with E-state index in [1.54, 1.807) is 12.1 Å². The maximum absolute atomic E-state index is 12.2. The second-order valence-corrected chi connectivity index (χ2v) is 7.16. The van der Waals surface area contributed by atoms with Crippen LogP contribution in [-0.2, 0) is 19.6 Å². The zero-order chi connectivity index (χ0) is 20.5. The van der Waals surface area contributed by atoms with Crippen molar-refractivity contribution in [3.8, 4) is 5.75 Å². The predicted molar refractivity (Wildman–Crippen MR) is 108 cm³/mol. The summed E-state index contributed by atoms with van der Waals surface area (Å²) in [5.74, 6) is 0.0958. The number of hydrogen-bond donors (Lipinski definition) is 2. The van der Waals surface area contributed by atoms with Gasteiger partial charge in [0.1, 0.15) is 5.75 Å². The fourth-order valence-electron chi connectivity index (χ4n) is 3.45. The van der Waals surface area contributed by atoms with Gasteiger partial charge in [-0.15, -0.1) is 0 Å². The molecule has 2 aromatic rings. The second kappa shape index (κ2) is 10.8. The van der Waals surface area contributed by atoms with Crippen LogP contribution in [0, 0.1) is 0 Å². The lowest BCUT2D eigenvalue weighted by Crippen LogP contribution is -2.35. The standard InChI is InChI=1S/C22H27F2N3O2/c23-21(24)29-20-10-8-17(9-11-20)14-25-22(28)26-15-18-6-2-3-7-19(18)16-27-12-4-1-5-13-27/h2-3,6-11,21H,1,4-5,12-16H2,(H2,25,26,28). The van der Waals surface area contributed by atoms with Crippen LogP contribution in [0.15, 0.2) is 48.5 Å². The Balaban J connectivity index is 1.45. The predicted octanol–water partition coefficient (Wildman–Crippen LogP) is 4.27. The van der Waals surface area contributed by atoms with Gasteiger partial charge in [-0.2, -0.15) is 8.78 Å². The van der Waals surface area contributed by atoms with E-state index < -0.39 is 6.61 Å². The molecule has 1 aliphatic rings. The molecule has 1 heterocycles. The van der Waals surface area contributed by atoms with Gasteiger partial charge < -0.3 is 15.4 Å². The average molecular weight is 403 g/mol. The van der Waals surface area contributed by atoms with Gasteiger partial charge in [0.2, 0.25) is 0 Å². The summed E-state index contributed by atoms with van der Waals surface area (Å²) in [7, 11) is 0. The minimum Gasteiger partial charge on any atom is -0.435 e. The number of nitrogens with one attached hydrogen (secondary N) is 2. The molecule has 1 fully saturated rings. The number of ether oxygens (including phenoxy) is 1. The SMILES string of the molecule is O=C(NCc1ccc(OC(F)F)cc1)NCc1ccccc1CN1CCCCC1. The van der Waals surface area contributed by atoms with E-state index in [9.17, 15) is 13.6 Å². The summed E-state index contributed by atoms with van der Waals surface area (Å²) in [6.07, 6.45) is 3.80. The number of urea groups is 1. The van der Waals surface area contributed by atoms with Gasteiger partial charge in [-0.1, -0.05) is 42.8 Å². The Bertz CT molecular complexity index is 778. The Hall–Kier alpha value is -2.67. The molecule has 0 saturated carbocycles. The zero-order valence-electron chi connectivity index (χ0n) is 16.4. The molecular formula is C22H27F2N3O2. The number of alkyl halides is 2. The summed E-state index contributed by atoms with van der Waals surface area (Å²) >= 11 is 0. The van der Waals surface area contributed by atoms with Gasteiger partial charge in [0, 0.05) is 19.6 Å². The maximum atomic E-state index is 12.2. The number of piperidine rings is 1. The first-order chi connectivity index (χ1) is 14.1. The lowest BCUT2D eigenvalue weighted by Gasteiger charge is -2.27.